The van der Waals surface area contributed by atoms with E-state index in [-0.39, 0.29) is 5.92 Å². The standard InChI is InChI=1S/C31H31N3O2/c1-3-34(26-16-21(17-26)19-35)29-14-11-23-18-24(9-13-28(23)29)30-32-31(36-33-30)25-10-12-27(20(2)15-25)22-7-5-4-6-8-22/h4-10,12-13,15,18-19,21,26,29H,3,11,14,16-17H2,1-2H3/t21-,26-,29?. The zero-order chi connectivity index (χ0) is 24.6. The first-order chi connectivity index (χ1) is 17.6. The van der Waals surface area contributed by atoms with E-state index in [1.54, 1.807) is 0 Å². The Bertz CT molecular complexity index is 1390. The van der Waals surface area contributed by atoms with Crippen molar-refractivity contribution < 1.29 is 9.32 Å². The van der Waals surface area contributed by atoms with E-state index >= 15 is 0 Å². The monoisotopic (exact) mass is 477 g/mol. The number of carbonyl (C=O) groups is 1. The lowest BCUT2D eigenvalue weighted by Gasteiger charge is -2.44. The second kappa shape index (κ2) is 9.47. The molecule has 3 aromatic carbocycles. The smallest absolute Gasteiger partial charge is 0.258 e. The van der Waals surface area contributed by atoms with Gasteiger partial charge in [-0.3, -0.25) is 4.90 Å². The largest absolute Gasteiger partial charge is 0.334 e. The van der Waals surface area contributed by atoms with Crippen LogP contribution < -0.4 is 0 Å². The molecule has 0 spiro atoms. The highest BCUT2D eigenvalue weighted by atomic mass is 16.5. The molecule has 1 saturated carbocycles. The van der Waals surface area contributed by atoms with Crippen LogP contribution in [-0.4, -0.2) is 33.9 Å². The van der Waals surface area contributed by atoms with Crippen molar-refractivity contribution in [2.45, 2.75) is 51.6 Å². The maximum absolute atomic E-state index is 11.1. The van der Waals surface area contributed by atoms with Crippen molar-refractivity contribution in [1.82, 2.24) is 15.0 Å². The summed E-state index contributed by atoms with van der Waals surface area (Å²) in [6.45, 7) is 5.36. The average Bonchev–Trinajstić information content (AvgIpc) is 3.54. The Kier molecular flexibility index (Phi) is 6.02. The molecule has 5 nitrogen and oxygen atoms in total. The third-order valence-corrected chi connectivity index (χ3v) is 8.01. The molecule has 2 aliphatic carbocycles. The molecule has 1 heterocycles. The van der Waals surface area contributed by atoms with Crippen molar-refractivity contribution in [1.29, 1.82) is 0 Å². The third-order valence-electron chi connectivity index (χ3n) is 8.01. The van der Waals surface area contributed by atoms with Crippen molar-refractivity contribution in [2.75, 3.05) is 6.54 Å². The third kappa shape index (κ3) is 4.07. The summed E-state index contributed by atoms with van der Waals surface area (Å²) in [7, 11) is 0. The van der Waals surface area contributed by atoms with E-state index in [0.717, 1.165) is 49.6 Å². The first-order valence-electron chi connectivity index (χ1n) is 13.0. The van der Waals surface area contributed by atoms with E-state index in [1.165, 1.54) is 27.8 Å². The van der Waals surface area contributed by atoms with Gasteiger partial charge in [0.25, 0.3) is 5.89 Å². The van der Waals surface area contributed by atoms with Crippen molar-refractivity contribution in [3.05, 3.63) is 83.4 Å². The molecule has 0 N–H and O–H groups in total. The van der Waals surface area contributed by atoms with Gasteiger partial charge >= 0.3 is 0 Å². The predicted molar refractivity (Wildman–Crippen MR) is 141 cm³/mol. The Balaban J connectivity index is 1.22. The van der Waals surface area contributed by atoms with E-state index in [1.807, 2.05) is 6.07 Å². The molecule has 182 valence electrons. The zero-order valence-electron chi connectivity index (χ0n) is 20.9. The second-order valence-corrected chi connectivity index (χ2v) is 10.1. The molecule has 1 atom stereocenters. The Morgan fingerprint density at radius 1 is 1.00 bits per heavy atom. The molecular formula is C31H31N3O2. The van der Waals surface area contributed by atoms with Crippen LogP contribution in [0.15, 0.2) is 71.3 Å². The van der Waals surface area contributed by atoms with Crippen molar-refractivity contribution >= 4 is 6.29 Å². The summed E-state index contributed by atoms with van der Waals surface area (Å²) >= 11 is 0. The number of fused-ring (bicyclic) bond motifs is 1. The molecule has 36 heavy (non-hydrogen) atoms. The van der Waals surface area contributed by atoms with Crippen molar-refractivity contribution in [3.63, 3.8) is 0 Å². The summed E-state index contributed by atoms with van der Waals surface area (Å²) in [5.41, 5.74) is 8.29. The first kappa shape index (κ1) is 22.9. The van der Waals surface area contributed by atoms with Gasteiger partial charge in [0, 0.05) is 29.1 Å². The summed E-state index contributed by atoms with van der Waals surface area (Å²) in [6, 6.07) is 24.2. The fourth-order valence-corrected chi connectivity index (χ4v) is 6.02. The van der Waals surface area contributed by atoms with Crippen LogP contribution >= 0.6 is 0 Å². The Labute approximate surface area is 212 Å². The predicted octanol–water partition coefficient (Wildman–Crippen LogP) is 6.67. The minimum absolute atomic E-state index is 0.248. The maximum Gasteiger partial charge on any atom is 0.258 e. The van der Waals surface area contributed by atoms with Crippen LogP contribution in [-0.2, 0) is 11.2 Å². The molecule has 6 rings (SSSR count). The van der Waals surface area contributed by atoms with Gasteiger partial charge in [0.05, 0.1) is 0 Å². The molecule has 0 aliphatic heterocycles. The molecule has 0 radical (unpaired) electrons. The summed E-state index contributed by atoms with van der Waals surface area (Å²) in [6.07, 6.45) is 5.30. The highest BCUT2D eigenvalue weighted by Gasteiger charge is 2.38. The quantitative estimate of drug-likeness (QED) is 0.278. The van der Waals surface area contributed by atoms with Gasteiger partial charge < -0.3 is 9.32 Å². The van der Waals surface area contributed by atoms with Gasteiger partial charge in [-0.05, 0) is 85.2 Å². The Morgan fingerprint density at radius 2 is 1.81 bits per heavy atom. The minimum atomic E-state index is 0.248. The number of benzene rings is 3. The van der Waals surface area contributed by atoms with Crippen LogP contribution in [0, 0.1) is 12.8 Å². The van der Waals surface area contributed by atoms with E-state index in [9.17, 15) is 4.79 Å². The van der Waals surface area contributed by atoms with Crippen LogP contribution in [0.2, 0.25) is 0 Å². The second-order valence-electron chi connectivity index (χ2n) is 10.1. The molecule has 1 aromatic heterocycles. The van der Waals surface area contributed by atoms with Crippen LogP contribution in [0.1, 0.15) is 48.9 Å². The van der Waals surface area contributed by atoms with E-state index < -0.39 is 0 Å². The molecule has 0 saturated heterocycles. The van der Waals surface area contributed by atoms with Gasteiger partial charge in [0.15, 0.2) is 0 Å². The fourth-order valence-electron chi connectivity index (χ4n) is 6.02. The normalized spacial score (nSPS) is 20.8. The van der Waals surface area contributed by atoms with E-state index in [4.69, 9.17) is 9.51 Å². The highest BCUT2D eigenvalue weighted by molar-refractivity contribution is 5.71. The lowest BCUT2D eigenvalue weighted by molar-refractivity contribution is -0.115. The Morgan fingerprint density at radius 3 is 2.56 bits per heavy atom. The number of hydrogen-bond donors (Lipinski definition) is 0. The Hall–Kier alpha value is -3.57. The van der Waals surface area contributed by atoms with Gasteiger partial charge in [-0.2, -0.15) is 4.98 Å². The molecule has 0 bridgehead atoms. The minimum Gasteiger partial charge on any atom is -0.334 e. The lowest BCUT2D eigenvalue weighted by Crippen LogP contribution is -2.46. The summed E-state index contributed by atoms with van der Waals surface area (Å²) in [5.74, 6) is 1.41. The number of carbonyl (C=O) groups excluding carboxylic acids is 1. The van der Waals surface area contributed by atoms with Crippen LogP contribution in [0.4, 0.5) is 0 Å². The number of aldehydes is 1. The first-order valence-corrected chi connectivity index (χ1v) is 13.0. The molecule has 2 aliphatic rings. The van der Waals surface area contributed by atoms with Crippen LogP contribution in [0.3, 0.4) is 0 Å². The van der Waals surface area contributed by atoms with Gasteiger partial charge in [-0.1, -0.05) is 60.6 Å². The van der Waals surface area contributed by atoms with Crippen LogP contribution in [0.5, 0.6) is 0 Å². The van der Waals surface area contributed by atoms with Gasteiger partial charge in [-0.15, -0.1) is 0 Å². The number of nitrogens with zero attached hydrogens (tertiary/aromatic N) is 3. The van der Waals surface area contributed by atoms with Gasteiger partial charge in [-0.25, -0.2) is 0 Å². The SMILES string of the molecule is CCN(C1CCc2cc(-c3noc(-c4ccc(-c5ccccc5)c(C)c4)n3)ccc21)[C@H]1C[C@H](C=O)C1. The number of aryl methyl sites for hydroxylation is 2. The van der Waals surface area contributed by atoms with Crippen molar-refractivity contribution in [3.8, 4) is 34.0 Å². The van der Waals surface area contributed by atoms with E-state index in [2.05, 4.69) is 84.6 Å². The summed E-state index contributed by atoms with van der Waals surface area (Å²) < 4.78 is 5.68. The average molecular weight is 478 g/mol. The number of rotatable bonds is 7. The fraction of sp³-hybridized carbons (Fsp3) is 0.323. The van der Waals surface area contributed by atoms with Gasteiger partial charge in [0.2, 0.25) is 5.82 Å². The van der Waals surface area contributed by atoms with Gasteiger partial charge in [0.1, 0.15) is 6.29 Å². The lowest BCUT2D eigenvalue weighted by atomic mass is 9.79. The number of hydrogen-bond acceptors (Lipinski definition) is 5. The summed E-state index contributed by atoms with van der Waals surface area (Å²) in [5, 5.41) is 4.31. The zero-order valence-corrected chi connectivity index (χ0v) is 20.9. The molecular weight excluding hydrogens is 446 g/mol. The van der Waals surface area contributed by atoms with Crippen LogP contribution in [0.25, 0.3) is 34.0 Å². The molecule has 1 unspecified atom stereocenters. The molecule has 0 amide bonds. The topological polar surface area (TPSA) is 59.2 Å². The maximum atomic E-state index is 11.1. The number of aromatic nitrogens is 2. The molecule has 5 heteroatoms. The molecule has 4 aromatic rings. The summed E-state index contributed by atoms with van der Waals surface area (Å²) in [4.78, 5) is 18.4. The van der Waals surface area contributed by atoms with Crippen molar-refractivity contribution in [2.24, 2.45) is 5.92 Å². The molecule has 1 fully saturated rings. The van der Waals surface area contributed by atoms with E-state index in [0.29, 0.717) is 23.8 Å². The highest BCUT2D eigenvalue weighted by Crippen LogP contribution is 2.42.